The van der Waals surface area contributed by atoms with Crippen LogP contribution in [0.25, 0.3) is 0 Å². The molecular formula is C26H24I2O6S2. The number of halogens is 2. The molecule has 4 aromatic carbocycles. The Morgan fingerprint density at radius 1 is 0.639 bits per heavy atom. The smallest absolute Gasteiger partial charge is 0.357 e. The van der Waals surface area contributed by atoms with Crippen LogP contribution in [0, 0.1) is 24.6 Å². The van der Waals surface area contributed by atoms with Gasteiger partial charge in [-0.2, -0.15) is 8.42 Å². The summed E-state index contributed by atoms with van der Waals surface area (Å²) in [6.07, 6.45) is 0. The highest BCUT2D eigenvalue weighted by Crippen LogP contribution is 2.09. The Morgan fingerprint density at radius 2 is 1.06 bits per heavy atom. The van der Waals surface area contributed by atoms with Crippen LogP contribution >= 0.6 is 22.6 Å². The fourth-order valence-corrected chi connectivity index (χ4v) is 6.03. The highest BCUT2D eigenvalue weighted by molar-refractivity contribution is 14.1. The van der Waals surface area contributed by atoms with Gasteiger partial charge in [0.1, 0.15) is 10.1 Å². The second-order valence-corrected chi connectivity index (χ2v) is 14.5. The Kier molecular flexibility index (Phi) is 12.0. The van der Waals surface area contributed by atoms with Crippen LogP contribution in [-0.4, -0.2) is 25.9 Å². The summed E-state index contributed by atoms with van der Waals surface area (Å²) in [6.45, 7) is 3.66. The van der Waals surface area contributed by atoms with E-state index >= 15 is 0 Å². The predicted molar refractivity (Wildman–Crippen MR) is 143 cm³/mol. The van der Waals surface area contributed by atoms with Gasteiger partial charge < -0.3 is 4.55 Å². The molecule has 10 heteroatoms. The van der Waals surface area contributed by atoms with E-state index in [1.165, 1.54) is 35.0 Å². The van der Waals surface area contributed by atoms with Crippen molar-refractivity contribution in [2.24, 2.45) is 0 Å². The fourth-order valence-electron chi connectivity index (χ4n) is 2.51. The number of aryl methyl sites for hydroxylation is 2. The van der Waals surface area contributed by atoms with E-state index in [1.807, 2.05) is 13.8 Å². The summed E-state index contributed by atoms with van der Waals surface area (Å²) in [4.78, 5) is -0.244. The van der Waals surface area contributed by atoms with Crippen LogP contribution in [0.4, 0.5) is 0 Å². The Labute approximate surface area is 236 Å². The number of hydrogen-bond acceptors (Lipinski definition) is 5. The van der Waals surface area contributed by atoms with Crippen LogP contribution in [0.2, 0.25) is 0 Å². The van der Waals surface area contributed by atoms with Crippen molar-refractivity contribution in [3.8, 4) is 0 Å². The molecule has 4 aromatic rings. The quantitative estimate of drug-likeness (QED) is 0.254. The van der Waals surface area contributed by atoms with Crippen LogP contribution in [0.3, 0.4) is 0 Å². The third kappa shape index (κ3) is 11.5. The maximum Gasteiger partial charge on any atom is 0.357 e. The minimum absolute atomic E-state index is 0.0126. The van der Waals surface area contributed by atoms with Gasteiger partial charge in [0.15, 0.2) is 7.14 Å². The van der Waals surface area contributed by atoms with E-state index in [4.69, 9.17) is 4.55 Å². The van der Waals surface area contributed by atoms with Gasteiger partial charge in [0.2, 0.25) is 0 Å². The van der Waals surface area contributed by atoms with Crippen LogP contribution in [0.1, 0.15) is 11.1 Å². The molecule has 0 saturated heterocycles. The molecule has 36 heavy (non-hydrogen) atoms. The molecule has 0 heterocycles. The summed E-state index contributed by atoms with van der Waals surface area (Å²) >= 11 is 2.35. The molecule has 0 aliphatic rings. The van der Waals surface area contributed by atoms with Crippen molar-refractivity contribution in [1.29, 1.82) is 0 Å². The SMILES string of the molecule is Cc1ccc(S(=O)(=O)O)cc1.Cc1ccc(S(=O)(=O)[O-])cc1.Ic1ccc([I+]c2ccccc2)cc1. The van der Waals surface area contributed by atoms with Crippen molar-refractivity contribution in [1.82, 2.24) is 0 Å². The van der Waals surface area contributed by atoms with Gasteiger partial charge in [0.05, 0.1) is 9.79 Å². The topological polar surface area (TPSA) is 112 Å². The maximum atomic E-state index is 10.5. The highest BCUT2D eigenvalue weighted by Gasteiger charge is 2.13. The third-order valence-electron chi connectivity index (χ3n) is 4.38. The Hall–Kier alpha value is -1.84. The lowest BCUT2D eigenvalue weighted by molar-refractivity contribution is -0.597. The normalized spacial score (nSPS) is 10.9. The van der Waals surface area contributed by atoms with Crippen molar-refractivity contribution in [3.63, 3.8) is 0 Å². The van der Waals surface area contributed by atoms with Gasteiger partial charge in [-0.25, -0.2) is 8.42 Å². The van der Waals surface area contributed by atoms with Gasteiger partial charge in [0, 0.05) is 3.57 Å². The molecule has 0 amide bonds. The van der Waals surface area contributed by atoms with Gasteiger partial charge in [-0.05, 0) is 97.1 Å². The van der Waals surface area contributed by atoms with Crippen LogP contribution in [0.5, 0.6) is 0 Å². The zero-order valence-corrected chi connectivity index (χ0v) is 25.3. The number of hydrogen-bond donors (Lipinski definition) is 1. The molecule has 0 saturated carbocycles. The fraction of sp³-hybridized carbons (Fsp3) is 0.0769. The molecule has 0 atom stereocenters. The molecule has 0 aromatic heterocycles. The lowest BCUT2D eigenvalue weighted by Crippen LogP contribution is -3.61. The largest absolute Gasteiger partial charge is 0.744 e. The molecular weight excluding hydrogens is 726 g/mol. The maximum absolute atomic E-state index is 10.5. The molecule has 0 aliphatic heterocycles. The first-order valence-corrected chi connectivity index (χ1v) is 16.5. The Balaban J connectivity index is 0.000000193. The minimum Gasteiger partial charge on any atom is -0.744 e. The molecule has 0 bridgehead atoms. The molecule has 0 spiro atoms. The van der Waals surface area contributed by atoms with E-state index in [2.05, 4.69) is 77.2 Å². The van der Waals surface area contributed by atoms with E-state index in [-0.39, 0.29) is 31.0 Å². The second kappa shape index (κ2) is 14.2. The van der Waals surface area contributed by atoms with Gasteiger partial charge >= 0.3 is 21.2 Å². The van der Waals surface area contributed by atoms with Crippen LogP contribution in [0.15, 0.2) is 113 Å². The summed E-state index contributed by atoms with van der Waals surface area (Å²) in [6, 6.07) is 31.3. The molecule has 6 nitrogen and oxygen atoms in total. The third-order valence-corrected chi connectivity index (χ3v) is 9.50. The van der Waals surface area contributed by atoms with Gasteiger partial charge in [0.25, 0.3) is 10.1 Å². The van der Waals surface area contributed by atoms with Crippen LogP contribution in [-0.2, 0) is 20.2 Å². The molecule has 1 N–H and O–H groups in total. The first-order chi connectivity index (χ1) is 16.8. The Bertz CT molecular complexity index is 1360. The van der Waals surface area contributed by atoms with Crippen LogP contribution < -0.4 is 21.2 Å². The molecule has 0 aliphatic carbocycles. The first-order valence-electron chi connectivity index (χ1n) is 10.4. The summed E-state index contributed by atoms with van der Waals surface area (Å²) < 4.78 is 65.0. The zero-order chi connectivity index (χ0) is 26.8. The molecule has 0 radical (unpaired) electrons. The predicted octanol–water partition coefficient (Wildman–Crippen LogP) is 2.56. The second-order valence-electron chi connectivity index (χ2n) is 7.38. The monoisotopic (exact) mass is 750 g/mol. The van der Waals surface area contributed by atoms with Gasteiger partial charge in [-0.3, -0.25) is 4.55 Å². The number of benzene rings is 4. The van der Waals surface area contributed by atoms with E-state index in [1.54, 1.807) is 24.3 Å². The van der Waals surface area contributed by atoms with E-state index < -0.39 is 20.2 Å². The summed E-state index contributed by atoms with van der Waals surface area (Å²) in [5.74, 6) is 0. The lowest BCUT2D eigenvalue weighted by Gasteiger charge is -2.05. The molecule has 0 fully saturated rings. The van der Waals surface area contributed by atoms with E-state index in [0.29, 0.717) is 0 Å². The summed E-state index contributed by atoms with van der Waals surface area (Å²) in [5.41, 5.74) is 1.88. The number of rotatable bonds is 4. The van der Waals surface area contributed by atoms with Gasteiger partial charge in [-0.1, -0.05) is 53.6 Å². The van der Waals surface area contributed by atoms with Crippen molar-refractivity contribution in [3.05, 3.63) is 125 Å². The molecule has 0 unspecified atom stereocenters. The highest BCUT2D eigenvalue weighted by atomic mass is 127. The van der Waals surface area contributed by atoms with Crippen molar-refractivity contribution >= 4 is 42.8 Å². The van der Waals surface area contributed by atoms with E-state index in [0.717, 1.165) is 11.1 Å². The molecule has 190 valence electrons. The molecule has 4 rings (SSSR count). The minimum atomic E-state index is -4.27. The van der Waals surface area contributed by atoms with Gasteiger partial charge in [-0.15, -0.1) is 0 Å². The van der Waals surface area contributed by atoms with Crippen molar-refractivity contribution in [2.75, 3.05) is 0 Å². The standard InChI is InChI=1S/C12H9I2.2C7H8O3S/c13-10-6-8-12(9-7-10)14-11-4-2-1-3-5-11;2*1-6-2-4-7(5-3-6)11(8,9)10/h1-9H;2*2-5H,1H3,(H,8,9,10)/q+1;;/p-1. The average molecular weight is 750 g/mol. The average Bonchev–Trinajstić information content (AvgIpc) is 2.82. The van der Waals surface area contributed by atoms with E-state index in [9.17, 15) is 21.4 Å². The Morgan fingerprint density at radius 3 is 1.47 bits per heavy atom. The summed E-state index contributed by atoms with van der Waals surface area (Å²) in [5, 5.41) is 0. The lowest BCUT2D eigenvalue weighted by atomic mass is 10.2. The van der Waals surface area contributed by atoms with Crippen molar-refractivity contribution < 1.29 is 47.1 Å². The first kappa shape index (κ1) is 30.4. The summed E-state index contributed by atoms with van der Waals surface area (Å²) in [7, 11) is -8.29. The van der Waals surface area contributed by atoms with Crippen molar-refractivity contribution in [2.45, 2.75) is 23.6 Å². The zero-order valence-electron chi connectivity index (χ0n) is 19.4.